The lowest BCUT2D eigenvalue weighted by molar-refractivity contribution is 1.50. The average molecular weight is 274 g/mol. The minimum absolute atomic E-state index is 0.0177. The second-order valence-corrected chi connectivity index (χ2v) is 9.23. The molecule has 2 atom stereocenters. The number of benzene rings is 2. The lowest BCUT2D eigenvalue weighted by Crippen LogP contribution is -2.07. The second-order valence-electron chi connectivity index (χ2n) is 4.51. The fourth-order valence-electron chi connectivity index (χ4n) is 1.92. The standard InChI is InChI=1S/C16H20P2/c1-17(15-9-5-3-6-10-15)13-14-18(2)16-11-7-4-8-12-16/h3-12H,13-14H2,1-2H3/t17-,18-/m0/s1. The number of rotatable bonds is 5. The van der Waals surface area contributed by atoms with Gasteiger partial charge in [0, 0.05) is 0 Å². The molecule has 2 rings (SSSR count). The van der Waals surface area contributed by atoms with Gasteiger partial charge >= 0.3 is 0 Å². The van der Waals surface area contributed by atoms with Crippen molar-refractivity contribution in [3.63, 3.8) is 0 Å². The first kappa shape index (κ1) is 13.7. The van der Waals surface area contributed by atoms with Gasteiger partial charge in [0.25, 0.3) is 0 Å². The van der Waals surface area contributed by atoms with Crippen LogP contribution in [-0.4, -0.2) is 25.7 Å². The van der Waals surface area contributed by atoms with Crippen LogP contribution in [0.3, 0.4) is 0 Å². The Bertz CT molecular complexity index is 408. The van der Waals surface area contributed by atoms with E-state index in [9.17, 15) is 0 Å². The normalized spacial score (nSPS) is 14.1. The molecule has 0 aliphatic carbocycles. The Balaban J connectivity index is 1.89. The van der Waals surface area contributed by atoms with Gasteiger partial charge in [0.15, 0.2) is 0 Å². The summed E-state index contributed by atoms with van der Waals surface area (Å²) in [6.07, 6.45) is 2.69. The summed E-state index contributed by atoms with van der Waals surface area (Å²) >= 11 is 0. The zero-order valence-corrected chi connectivity index (χ0v) is 12.9. The summed E-state index contributed by atoms with van der Waals surface area (Å²) in [6.45, 7) is 4.80. The lowest BCUT2D eigenvalue weighted by atomic mass is 10.4. The van der Waals surface area contributed by atoms with E-state index in [-0.39, 0.29) is 15.8 Å². The smallest absolute Gasteiger partial charge is 0.0243 e. The van der Waals surface area contributed by atoms with Gasteiger partial charge in [-0.2, -0.15) is 0 Å². The van der Waals surface area contributed by atoms with Crippen molar-refractivity contribution >= 4 is 26.5 Å². The van der Waals surface area contributed by atoms with E-state index in [2.05, 4.69) is 74.0 Å². The predicted molar refractivity (Wildman–Crippen MR) is 87.6 cm³/mol. The van der Waals surface area contributed by atoms with Crippen LogP contribution in [0.25, 0.3) is 0 Å². The lowest BCUT2D eigenvalue weighted by Gasteiger charge is -2.17. The summed E-state index contributed by atoms with van der Waals surface area (Å²) in [7, 11) is 0.0353. The number of hydrogen-bond acceptors (Lipinski definition) is 0. The molecule has 0 spiro atoms. The summed E-state index contributed by atoms with van der Waals surface area (Å²) < 4.78 is 0. The second kappa shape index (κ2) is 7.03. The van der Waals surface area contributed by atoms with Gasteiger partial charge in [0.05, 0.1) is 0 Å². The molecule has 0 bridgehead atoms. The van der Waals surface area contributed by atoms with E-state index in [1.807, 2.05) is 0 Å². The quantitative estimate of drug-likeness (QED) is 0.726. The molecule has 0 fully saturated rings. The minimum atomic E-state index is 0.0177. The summed E-state index contributed by atoms with van der Waals surface area (Å²) in [5.41, 5.74) is 0. The van der Waals surface area contributed by atoms with Crippen molar-refractivity contribution in [2.45, 2.75) is 0 Å². The zero-order valence-electron chi connectivity index (χ0n) is 11.1. The van der Waals surface area contributed by atoms with Crippen LogP contribution in [0.4, 0.5) is 0 Å². The van der Waals surface area contributed by atoms with E-state index >= 15 is 0 Å². The molecule has 0 nitrogen and oxygen atoms in total. The molecule has 0 unspecified atom stereocenters. The third-order valence-electron chi connectivity index (χ3n) is 3.16. The molecule has 0 N–H and O–H groups in total. The molecule has 2 aromatic rings. The Morgan fingerprint density at radius 2 is 0.944 bits per heavy atom. The van der Waals surface area contributed by atoms with Crippen LogP contribution in [0.2, 0.25) is 0 Å². The third kappa shape index (κ3) is 3.91. The highest BCUT2D eigenvalue weighted by atomic mass is 31.1. The molecular formula is C16H20P2. The van der Waals surface area contributed by atoms with Crippen molar-refractivity contribution in [3.05, 3.63) is 60.7 Å². The highest BCUT2D eigenvalue weighted by Crippen LogP contribution is 2.37. The molecule has 0 saturated carbocycles. The molecular weight excluding hydrogens is 254 g/mol. The fraction of sp³-hybridized carbons (Fsp3) is 0.250. The molecule has 0 radical (unpaired) electrons. The minimum Gasteiger partial charge on any atom is -0.0781 e. The van der Waals surface area contributed by atoms with Gasteiger partial charge in [0.2, 0.25) is 0 Å². The van der Waals surface area contributed by atoms with Crippen LogP contribution >= 0.6 is 15.8 Å². The maximum absolute atomic E-state index is 2.40. The summed E-state index contributed by atoms with van der Waals surface area (Å²) in [5.74, 6) is 0. The first-order valence-corrected chi connectivity index (χ1v) is 10.2. The fourth-order valence-corrected chi connectivity index (χ4v) is 6.20. The molecule has 0 aromatic heterocycles. The van der Waals surface area contributed by atoms with E-state index < -0.39 is 0 Å². The SMILES string of the molecule is C[P@@](CC[P@](C)c1ccccc1)c1ccccc1. The van der Waals surface area contributed by atoms with Crippen LogP contribution in [0.5, 0.6) is 0 Å². The maximum atomic E-state index is 2.40. The van der Waals surface area contributed by atoms with Crippen molar-refractivity contribution in [3.8, 4) is 0 Å². The van der Waals surface area contributed by atoms with Gasteiger partial charge in [-0.15, -0.1) is 0 Å². The molecule has 2 aromatic carbocycles. The van der Waals surface area contributed by atoms with Crippen LogP contribution in [0.15, 0.2) is 60.7 Å². The molecule has 0 saturated heterocycles. The Hall–Kier alpha value is -0.700. The van der Waals surface area contributed by atoms with Crippen molar-refractivity contribution in [1.82, 2.24) is 0 Å². The van der Waals surface area contributed by atoms with E-state index in [0.717, 1.165) is 0 Å². The van der Waals surface area contributed by atoms with E-state index in [4.69, 9.17) is 0 Å². The van der Waals surface area contributed by atoms with E-state index in [1.54, 1.807) is 0 Å². The first-order chi connectivity index (χ1) is 8.77. The molecule has 0 heterocycles. The first-order valence-electron chi connectivity index (χ1n) is 6.30. The molecule has 0 aliphatic rings. The van der Waals surface area contributed by atoms with Crippen LogP contribution in [0, 0.1) is 0 Å². The van der Waals surface area contributed by atoms with E-state index in [1.165, 1.54) is 22.9 Å². The Morgan fingerprint density at radius 1 is 0.611 bits per heavy atom. The summed E-state index contributed by atoms with van der Waals surface area (Å²) in [4.78, 5) is 0. The Labute approximate surface area is 113 Å². The predicted octanol–water partition coefficient (Wildman–Crippen LogP) is 3.86. The summed E-state index contributed by atoms with van der Waals surface area (Å²) in [6, 6.07) is 21.9. The van der Waals surface area contributed by atoms with E-state index in [0.29, 0.717) is 0 Å². The average Bonchev–Trinajstić information content (AvgIpc) is 2.46. The molecule has 94 valence electrons. The Kier molecular flexibility index (Phi) is 5.36. The van der Waals surface area contributed by atoms with Crippen LogP contribution in [-0.2, 0) is 0 Å². The van der Waals surface area contributed by atoms with Crippen molar-refractivity contribution in [2.75, 3.05) is 25.7 Å². The van der Waals surface area contributed by atoms with Gasteiger partial charge in [-0.1, -0.05) is 76.5 Å². The largest absolute Gasteiger partial charge is 0.0781 e. The van der Waals surface area contributed by atoms with Gasteiger partial charge in [0.1, 0.15) is 0 Å². The topological polar surface area (TPSA) is 0 Å². The highest BCUT2D eigenvalue weighted by molar-refractivity contribution is 7.68. The van der Waals surface area contributed by atoms with Crippen molar-refractivity contribution in [2.24, 2.45) is 0 Å². The van der Waals surface area contributed by atoms with Gasteiger partial charge in [-0.3, -0.25) is 0 Å². The van der Waals surface area contributed by atoms with Crippen molar-refractivity contribution < 1.29 is 0 Å². The zero-order chi connectivity index (χ0) is 12.8. The van der Waals surface area contributed by atoms with Crippen molar-refractivity contribution in [1.29, 1.82) is 0 Å². The molecule has 0 aliphatic heterocycles. The molecule has 18 heavy (non-hydrogen) atoms. The summed E-state index contributed by atoms with van der Waals surface area (Å²) in [5, 5.41) is 3.06. The molecule has 2 heteroatoms. The third-order valence-corrected chi connectivity index (χ3v) is 7.67. The molecule has 0 amide bonds. The van der Waals surface area contributed by atoms with Gasteiger partial charge in [-0.05, 0) is 36.3 Å². The highest BCUT2D eigenvalue weighted by Gasteiger charge is 2.08. The van der Waals surface area contributed by atoms with Gasteiger partial charge < -0.3 is 0 Å². The van der Waals surface area contributed by atoms with Gasteiger partial charge in [-0.25, -0.2) is 0 Å². The number of hydrogen-bond donors (Lipinski definition) is 0. The van der Waals surface area contributed by atoms with Crippen LogP contribution in [0.1, 0.15) is 0 Å². The monoisotopic (exact) mass is 274 g/mol. The van der Waals surface area contributed by atoms with Crippen LogP contribution < -0.4 is 10.6 Å². The maximum Gasteiger partial charge on any atom is -0.0243 e. The Morgan fingerprint density at radius 3 is 1.28 bits per heavy atom.